The predicted molar refractivity (Wildman–Crippen MR) is 116 cm³/mol. The van der Waals surface area contributed by atoms with E-state index < -0.39 is 11.8 Å². The van der Waals surface area contributed by atoms with E-state index in [-0.39, 0.29) is 17.7 Å². The Bertz CT molecular complexity index is 1130. The first-order valence-corrected chi connectivity index (χ1v) is 9.88. The first-order chi connectivity index (χ1) is 15.3. The van der Waals surface area contributed by atoms with E-state index in [1.807, 2.05) is 6.92 Å². The Balaban J connectivity index is 1.67. The van der Waals surface area contributed by atoms with Gasteiger partial charge in [0.05, 0.1) is 31.0 Å². The average molecular weight is 460 g/mol. The highest BCUT2D eigenvalue weighted by Gasteiger charge is 2.17. The van der Waals surface area contributed by atoms with Crippen molar-refractivity contribution in [2.75, 3.05) is 14.2 Å². The van der Waals surface area contributed by atoms with Gasteiger partial charge in [0.1, 0.15) is 18.1 Å². The molecule has 3 aromatic rings. The number of nitrogens with one attached hydrogen (secondary N) is 2. The quantitative estimate of drug-likeness (QED) is 0.519. The number of methoxy groups -OCH3 is 2. The Morgan fingerprint density at radius 2 is 1.66 bits per heavy atom. The summed E-state index contributed by atoms with van der Waals surface area (Å²) in [7, 11) is 2.90. The fourth-order valence-corrected chi connectivity index (χ4v) is 3.07. The van der Waals surface area contributed by atoms with Gasteiger partial charge < -0.3 is 18.7 Å². The molecule has 10 heteroatoms. The van der Waals surface area contributed by atoms with Crippen LogP contribution < -0.4 is 25.1 Å². The first kappa shape index (κ1) is 23.0. The maximum absolute atomic E-state index is 12.5. The molecule has 0 saturated heterocycles. The standard InChI is InChI=1S/C22H22ClN3O6/c1-12-17(13(2)32-26-12)11-31-19-7-5-14(9-20(19)30-4)21(27)24-25-22(28)16-10-15(23)6-8-18(16)29-3/h5-10H,11H2,1-4H3,(H,24,27)(H,25,28). The van der Waals surface area contributed by atoms with Gasteiger partial charge in [0.15, 0.2) is 11.5 Å². The maximum Gasteiger partial charge on any atom is 0.273 e. The van der Waals surface area contributed by atoms with Crippen LogP contribution in [0.25, 0.3) is 0 Å². The molecule has 2 N–H and O–H groups in total. The van der Waals surface area contributed by atoms with Gasteiger partial charge in [-0.1, -0.05) is 16.8 Å². The second-order valence-corrected chi connectivity index (χ2v) is 7.15. The normalized spacial score (nSPS) is 10.4. The van der Waals surface area contributed by atoms with Gasteiger partial charge in [-0.3, -0.25) is 20.4 Å². The lowest BCUT2D eigenvalue weighted by atomic mass is 10.2. The van der Waals surface area contributed by atoms with E-state index in [2.05, 4.69) is 16.0 Å². The van der Waals surface area contributed by atoms with Crippen LogP contribution >= 0.6 is 11.6 Å². The van der Waals surface area contributed by atoms with Gasteiger partial charge in [0.2, 0.25) is 0 Å². The van der Waals surface area contributed by atoms with Gasteiger partial charge in [0, 0.05) is 10.6 Å². The lowest BCUT2D eigenvalue weighted by molar-refractivity contribution is 0.0844. The molecule has 9 nitrogen and oxygen atoms in total. The molecule has 0 aliphatic carbocycles. The van der Waals surface area contributed by atoms with Gasteiger partial charge >= 0.3 is 0 Å². The molecular formula is C22H22ClN3O6. The van der Waals surface area contributed by atoms with Crippen molar-refractivity contribution in [3.05, 3.63) is 69.6 Å². The van der Waals surface area contributed by atoms with Crippen molar-refractivity contribution in [1.29, 1.82) is 0 Å². The monoisotopic (exact) mass is 459 g/mol. The number of aryl methyl sites for hydroxylation is 2. The third kappa shape index (κ3) is 5.12. The highest BCUT2D eigenvalue weighted by Crippen LogP contribution is 2.29. The topological polar surface area (TPSA) is 112 Å². The van der Waals surface area contributed by atoms with Crippen molar-refractivity contribution in [3.8, 4) is 17.2 Å². The number of amides is 2. The summed E-state index contributed by atoms with van der Waals surface area (Å²) in [4.78, 5) is 24.9. The van der Waals surface area contributed by atoms with Crippen LogP contribution in [-0.4, -0.2) is 31.2 Å². The third-order valence-corrected chi connectivity index (χ3v) is 4.91. The molecule has 3 rings (SSSR count). The van der Waals surface area contributed by atoms with E-state index in [9.17, 15) is 9.59 Å². The molecule has 0 atom stereocenters. The fraction of sp³-hybridized carbons (Fsp3) is 0.227. The minimum Gasteiger partial charge on any atom is -0.496 e. The van der Waals surface area contributed by atoms with Gasteiger partial charge in [-0.15, -0.1) is 0 Å². The number of carbonyl (C=O) groups is 2. The van der Waals surface area contributed by atoms with Crippen LogP contribution in [0.5, 0.6) is 17.2 Å². The summed E-state index contributed by atoms with van der Waals surface area (Å²) in [6.45, 7) is 3.87. The SMILES string of the molecule is COc1cc(C(=O)NNC(=O)c2cc(Cl)ccc2OC)ccc1OCc1c(C)noc1C. The summed E-state index contributed by atoms with van der Waals surface area (Å²) in [5, 5.41) is 4.25. The smallest absolute Gasteiger partial charge is 0.273 e. The molecule has 0 unspecified atom stereocenters. The van der Waals surface area contributed by atoms with E-state index in [1.165, 1.54) is 26.4 Å². The fourth-order valence-electron chi connectivity index (χ4n) is 2.90. The molecular weight excluding hydrogens is 438 g/mol. The Labute approximate surface area is 189 Å². The summed E-state index contributed by atoms with van der Waals surface area (Å²) >= 11 is 5.94. The average Bonchev–Trinajstić information content (AvgIpc) is 3.12. The minimum absolute atomic E-state index is 0.181. The molecule has 0 spiro atoms. The van der Waals surface area contributed by atoms with E-state index in [4.69, 9.17) is 30.3 Å². The van der Waals surface area contributed by atoms with Crippen LogP contribution in [0.4, 0.5) is 0 Å². The number of halogens is 1. The van der Waals surface area contributed by atoms with Crippen LogP contribution in [0, 0.1) is 13.8 Å². The molecule has 168 valence electrons. The zero-order valence-electron chi connectivity index (χ0n) is 17.9. The molecule has 2 amide bonds. The molecule has 1 aromatic heterocycles. The molecule has 0 aliphatic rings. The van der Waals surface area contributed by atoms with E-state index in [1.54, 1.807) is 31.2 Å². The molecule has 0 aliphatic heterocycles. The summed E-state index contributed by atoms with van der Waals surface area (Å²) in [5.74, 6) is 0.662. The minimum atomic E-state index is -0.580. The number of ether oxygens (including phenoxy) is 3. The zero-order valence-corrected chi connectivity index (χ0v) is 18.7. The Hall–Kier alpha value is -3.72. The largest absolute Gasteiger partial charge is 0.496 e. The van der Waals surface area contributed by atoms with Crippen molar-refractivity contribution in [2.24, 2.45) is 0 Å². The van der Waals surface area contributed by atoms with Crippen LogP contribution in [0.15, 0.2) is 40.9 Å². The van der Waals surface area contributed by atoms with Crippen molar-refractivity contribution in [1.82, 2.24) is 16.0 Å². The van der Waals surface area contributed by atoms with Crippen LogP contribution in [0.1, 0.15) is 37.7 Å². The van der Waals surface area contributed by atoms with Gasteiger partial charge in [-0.2, -0.15) is 0 Å². The van der Waals surface area contributed by atoms with Crippen molar-refractivity contribution >= 4 is 23.4 Å². The lowest BCUT2D eigenvalue weighted by Gasteiger charge is -2.13. The first-order valence-electron chi connectivity index (χ1n) is 9.50. The number of hydrogen-bond donors (Lipinski definition) is 2. The molecule has 0 saturated carbocycles. The molecule has 0 fully saturated rings. The van der Waals surface area contributed by atoms with E-state index >= 15 is 0 Å². The summed E-state index contributed by atoms with van der Waals surface area (Å²) in [6, 6.07) is 9.25. The molecule has 32 heavy (non-hydrogen) atoms. The third-order valence-electron chi connectivity index (χ3n) is 4.67. The maximum atomic E-state index is 12.5. The van der Waals surface area contributed by atoms with Crippen LogP contribution in [0.2, 0.25) is 5.02 Å². The van der Waals surface area contributed by atoms with Gasteiger partial charge in [-0.05, 0) is 50.2 Å². The highest BCUT2D eigenvalue weighted by atomic mass is 35.5. The number of hydrogen-bond acceptors (Lipinski definition) is 7. The van der Waals surface area contributed by atoms with Crippen LogP contribution in [0.3, 0.4) is 0 Å². The number of rotatable bonds is 7. The van der Waals surface area contributed by atoms with Gasteiger partial charge in [-0.25, -0.2) is 0 Å². The van der Waals surface area contributed by atoms with Crippen molar-refractivity contribution < 1.29 is 28.3 Å². The second kappa shape index (κ2) is 10.1. The zero-order chi connectivity index (χ0) is 23.3. The molecule has 0 radical (unpaired) electrons. The Kier molecular flexibility index (Phi) is 7.21. The number of hydrazine groups is 1. The van der Waals surface area contributed by atoms with E-state index in [0.717, 1.165) is 11.3 Å². The number of aromatic nitrogens is 1. The second-order valence-electron chi connectivity index (χ2n) is 6.71. The molecule has 2 aromatic carbocycles. The summed E-state index contributed by atoms with van der Waals surface area (Å²) in [5.41, 5.74) is 6.71. The molecule has 0 bridgehead atoms. The Morgan fingerprint density at radius 3 is 2.31 bits per heavy atom. The Morgan fingerprint density at radius 1 is 0.969 bits per heavy atom. The molecule has 1 heterocycles. The van der Waals surface area contributed by atoms with Crippen molar-refractivity contribution in [3.63, 3.8) is 0 Å². The lowest BCUT2D eigenvalue weighted by Crippen LogP contribution is -2.41. The summed E-state index contributed by atoms with van der Waals surface area (Å²) < 4.78 is 21.4. The predicted octanol–water partition coefficient (Wildman–Crippen LogP) is 3.62. The van der Waals surface area contributed by atoms with Crippen molar-refractivity contribution in [2.45, 2.75) is 20.5 Å². The number of carbonyl (C=O) groups excluding carboxylic acids is 2. The highest BCUT2D eigenvalue weighted by molar-refractivity contribution is 6.31. The summed E-state index contributed by atoms with van der Waals surface area (Å²) in [6.07, 6.45) is 0. The van der Waals surface area contributed by atoms with Gasteiger partial charge in [0.25, 0.3) is 11.8 Å². The van der Waals surface area contributed by atoms with Crippen LogP contribution in [-0.2, 0) is 6.61 Å². The van der Waals surface area contributed by atoms with E-state index in [0.29, 0.717) is 28.0 Å². The number of nitrogens with zero attached hydrogens (tertiary/aromatic N) is 1. The number of benzene rings is 2.